The van der Waals surface area contributed by atoms with Crippen LogP contribution in [0.1, 0.15) is 43.9 Å². The van der Waals surface area contributed by atoms with Crippen LogP contribution in [-0.2, 0) is 23.8 Å². The van der Waals surface area contributed by atoms with Crippen LogP contribution in [0.5, 0.6) is 0 Å². The average molecular weight is 264 g/mol. The second-order valence-corrected chi connectivity index (χ2v) is 7.14. The van der Waals surface area contributed by atoms with Gasteiger partial charge in [-0.2, -0.15) is 5.26 Å². The summed E-state index contributed by atoms with van der Waals surface area (Å²) in [6.07, 6.45) is 3.47. The van der Waals surface area contributed by atoms with Crippen molar-refractivity contribution in [2.75, 3.05) is 0 Å². The number of rotatable bonds is 0. The fourth-order valence-corrected chi connectivity index (χ4v) is 1.72. The average Bonchev–Trinajstić information content (AvgIpc) is 2.76. The molecular weight excluding hydrogens is 244 g/mol. The van der Waals surface area contributed by atoms with Gasteiger partial charge in [-0.1, -0.05) is 12.1 Å². The summed E-state index contributed by atoms with van der Waals surface area (Å²) >= 11 is 0. The summed E-state index contributed by atoms with van der Waals surface area (Å²) in [4.78, 5) is 0. The molecular formula is C14H20N2OS. The van der Waals surface area contributed by atoms with E-state index in [1.165, 1.54) is 17.5 Å². The van der Waals surface area contributed by atoms with Crippen LogP contribution in [0.25, 0.3) is 0 Å². The molecule has 0 spiro atoms. The van der Waals surface area contributed by atoms with Crippen molar-refractivity contribution in [1.29, 1.82) is 5.26 Å². The number of nitrogens with two attached hydrogens (primary N) is 1. The Bertz CT molecular complexity index is 484. The molecule has 0 amide bonds. The van der Waals surface area contributed by atoms with E-state index in [0.717, 1.165) is 18.4 Å². The van der Waals surface area contributed by atoms with Gasteiger partial charge in [-0.05, 0) is 57.2 Å². The van der Waals surface area contributed by atoms with Crippen molar-refractivity contribution in [3.8, 4) is 6.07 Å². The molecule has 1 unspecified atom stereocenters. The minimum Gasteiger partial charge on any atom is -0.251 e. The number of hydrogen-bond donors (Lipinski definition) is 1. The number of nitrogens with zero attached hydrogens (tertiary/aromatic N) is 1. The van der Waals surface area contributed by atoms with Gasteiger partial charge in [0.1, 0.15) is 0 Å². The van der Waals surface area contributed by atoms with E-state index in [-0.39, 0.29) is 4.75 Å². The highest BCUT2D eigenvalue weighted by Gasteiger charge is 2.14. The summed E-state index contributed by atoms with van der Waals surface area (Å²) in [6, 6.07) is 8.24. The highest BCUT2D eigenvalue weighted by Crippen LogP contribution is 2.24. The number of hydrogen-bond acceptors (Lipinski definition) is 2. The number of fused-ring (bicyclic) bond motifs is 1. The summed E-state index contributed by atoms with van der Waals surface area (Å²) in [7, 11) is -1.18. The first-order chi connectivity index (χ1) is 8.36. The van der Waals surface area contributed by atoms with Gasteiger partial charge in [-0.3, -0.25) is 5.14 Å². The van der Waals surface area contributed by atoms with Gasteiger partial charge in [0.2, 0.25) is 0 Å². The molecule has 2 rings (SSSR count). The van der Waals surface area contributed by atoms with Crippen molar-refractivity contribution >= 4 is 11.0 Å². The molecule has 1 aliphatic rings. The Morgan fingerprint density at radius 2 is 1.94 bits per heavy atom. The van der Waals surface area contributed by atoms with Gasteiger partial charge in [-0.15, -0.1) is 0 Å². The van der Waals surface area contributed by atoms with Crippen LogP contribution in [-0.4, -0.2) is 8.96 Å². The van der Waals surface area contributed by atoms with Crippen molar-refractivity contribution in [1.82, 2.24) is 0 Å². The first kappa shape index (κ1) is 14.9. The van der Waals surface area contributed by atoms with Gasteiger partial charge in [-0.25, -0.2) is 4.21 Å². The minimum atomic E-state index is -1.18. The standard InChI is InChI=1S/C10H9N.C4H11NOS/c11-7-9-5-1-3-8-4-2-6-10(8)9;1-4(2,3)7(5)6/h1,3,5H,2,4,6H2;5H2,1-3H3. The smallest absolute Gasteiger partial charge is 0.0994 e. The Labute approximate surface area is 112 Å². The third kappa shape index (κ3) is 3.94. The van der Waals surface area contributed by atoms with E-state index in [0.29, 0.717) is 0 Å². The Morgan fingerprint density at radius 1 is 1.33 bits per heavy atom. The van der Waals surface area contributed by atoms with Crippen molar-refractivity contribution in [3.63, 3.8) is 0 Å². The van der Waals surface area contributed by atoms with Crippen LogP contribution >= 0.6 is 0 Å². The van der Waals surface area contributed by atoms with Crippen LogP contribution in [0.3, 0.4) is 0 Å². The van der Waals surface area contributed by atoms with Crippen LogP contribution < -0.4 is 5.14 Å². The third-order valence-electron chi connectivity index (χ3n) is 2.87. The normalized spacial score (nSPS) is 15.1. The number of aryl methyl sites for hydroxylation is 1. The fourth-order valence-electron chi connectivity index (χ4n) is 1.72. The maximum Gasteiger partial charge on any atom is 0.0994 e. The number of benzene rings is 1. The molecule has 98 valence electrons. The van der Waals surface area contributed by atoms with Crippen molar-refractivity contribution in [2.45, 2.75) is 44.8 Å². The van der Waals surface area contributed by atoms with E-state index in [1.54, 1.807) is 0 Å². The number of nitriles is 1. The second-order valence-electron chi connectivity index (χ2n) is 5.32. The highest BCUT2D eigenvalue weighted by atomic mass is 32.2. The zero-order valence-corrected chi connectivity index (χ0v) is 12.0. The zero-order valence-electron chi connectivity index (χ0n) is 11.2. The van der Waals surface area contributed by atoms with E-state index in [2.05, 4.69) is 12.1 Å². The maximum atomic E-state index is 10.4. The van der Waals surface area contributed by atoms with Crippen LogP contribution in [0.2, 0.25) is 0 Å². The molecule has 0 saturated carbocycles. The molecule has 0 aromatic heterocycles. The maximum absolute atomic E-state index is 10.4. The quantitative estimate of drug-likeness (QED) is 0.782. The fraction of sp³-hybridized carbons (Fsp3) is 0.500. The van der Waals surface area contributed by atoms with Gasteiger partial charge in [0, 0.05) is 0 Å². The van der Waals surface area contributed by atoms with Gasteiger partial charge in [0.15, 0.2) is 0 Å². The lowest BCUT2D eigenvalue weighted by Crippen LogP contribution is -2.27. The van der Waals surface area contributed by atoms with Crippen LogP contribution in [0.4, 0.5) is 0 Å². The summed E-state index contributed by atoms with van der Waals surface area (Å²) in [6.45, 7) is 5.51. The summed E-state index contributed by atoms with van der Waals surface area (Å²) in [5.41, 5.74) is 3.54. The van der Waals surface area contributed by atoms with E-state index in [9.17, 15) is 4.21 Å². The molecule has 0 fully saturated rings. The molecule has 1 aromatic rings. The molecule has 1 aromatic carbocycles. The zero-order chi connectivity index (χ0) is 13.8. The molecule has 2 N–H and O–H groups in total. The van der Waals surface area contributed by atoms with Crippen molar-refractivity contribution < 1.29 is 4.21 Å². The highest BCUT2D eigenvalue weighted by molar-refractivity contribution is 7.84. The summed E-state index contributed by atoms with van der Waals surface area (Å²) < 4.78 is 10.1. The minimum absolute atomic E-state index is 0.250. The summed E-state index contributed by atoms with van der Waals surface area (Å²) in [5.74, 6) is 0. The first-order valence-corrected chi connectivity index (χ1v) is 7.24. The SMILES string of the molecule is CC(C)(C)S(N)=O.N#Cc1cccc2c1CCC2. The molecule has 4 heteroatoms. The largest absolute Gasteiger partial charge is 0.251 e. The second kappa shape index (κ2) is 6.12. The van der Waals surface area contributed by atoms with Crippen molar-refractivity contribution in [3.05, 3.63) is 34.9 Å². The molecule has 1 aliphatic carbocycles. The van der Waals surface area contributed by atoms with Gasteiger partial charge in [0.05, 0.1) is 27.4 Å². The first-order valence-electron chi connectivity index (χ1n) is 6.03. The molecule has 0 heterocycles. The Balaban J connectivity index is 0.000000203. The van der Waals surface area contributed by atoms with Crippen LogP contribution in [0, 0.1) is 11.3 Å². The van der Waals surface area contributed by atoms with E-state index < -0.39 is 11.0 Å². The monoisotopic (exact) mass is 264 g/mol. The van der Waals surface area contributed by atoms with Gasteiger partial charge >= 0.3 is 0 Å². The molecule has 0 bridgehead atoms. The Kier molecular flexibility index (Phi) is 5.06. The lowest BCUT2D eigenvalue weighted by atomic mass is 10.0. The predicted molar refractivity (Wildman–Crippen MR) is 75.3 cm³/mol. The predicted octanol–water partition coefficient (Wildman–Crippen LogP) is 2.45. The van der Waals surface area contributed by atoms with Gasteiger partial charge < -0.3 is 0 Å². The van der Waals surface area contributed by atoms with Crippen molar-refractivity contribution in [2.24, 2.45) is 5.14 Å². The van der Waals surface area contributed by atoms with E-state index in [4.69, 9.17) is 10.4 Å². The summed E-state index contributed by atoms with van der Waals surface area (Å²) in [5, 5.41) is 13.8. The molecule has 1 atom stereocenters. The lowest BCUT2D eigenvalue weighted by Gasteiger charge is -2.11. The van der Waals surface area contributed by atoms with Crippen LogP contribution in [0.15, 0.2) is 18.2 Å². The van der Waals surface area contributed by atoms with E-state index in [1.807, 2.05) is 32.9 Å². The lowest BCUT2D eigenvalue weighted by molar-refractivity contribution is 0.650. The third-order valence-corrected chi connectivity index (χ3v) is 4.08. The Morgan fingerprint density at radius 3 is 2.44 bits per heavy atom. The topological polar surface area (TPSA) is 66.9 Å². The van der Waals surface area contributed by atoms with E-state index >= 15 is 0 Å². The molecule has 0 radical (unpaired) electrons. The Hall–Kier alpha value is -1.18. The molecule has 0 saturated heterocycles. The molecule has 3 nitrogen and oxygen atoms in total. The molecule has 18 heavy (non-hydrogen) atoms. The molecule has 0 aliphatic heterocycles. The van der Waals surface area contributed by atoms with Gasteiger partial charge in [0.25, 0.3) is 0 Å².